The highest BCUT2D eigenvalue weighted by Gasteiger charge is 2.57. The molecule has 0 aromatic carbocycles. The number of nitrogens with one attached hydrogen (secondary N) is 1. The van der Waals surface area contributed by atoms with Gasteiger partial charge >= 0.3 is 0 Å². The fraction of sp³-hybridized carbons (Fsp3) is 0.500. The maximum Gasteiger partial charge on any atom is 0.243 e. The average Bonchev–Trinajstić information content (AvgIpc) is 2.92. The van der Waals surface area contributed by atoms with Crippen molar-refractivity contribution in [3.05, 3.63) is 18.6 Å². The fourth-order valence-electron chi connectivity index (χ4n) is 4.04. The Balaban J connectivity index is 1.42. The highest BCUT2D eigenvalue weighted by Crippen LogP contribution is 2.48. The Hall–Kier alpha value is -2.62. The van der Waals surface area contributed by atoms with Gasteiger partial charge in [0.1, 0.15) is 23.2 Å². The predicted octanol–water partition coefficient (Wildman–Crippen LogP) is 1.05. The number of H-pyrrole nitrogens is 1. The Labute approximate surface area is 132 Å². The summed E-state index contributed by atoms with van der Waals surface area (Å²) in [5.74, 6) is 0.985. The van der Waals surface area contributed by atoms with Gasteiger partial charge in [-0.3, -0.25) is 4.79 Å². The fourth-order valence-corrected chi connectivity index (χ4v) is 4.04. The number of carbonyl (C=O) groups excluding carboxylic acids is 1. The lowest BCUT2D eigenvalue weighted by atomic mass is 10.1. The molecule has 1 amide bonds. The number of aromatic amines is 1. The largest absolute Gasteiger partial charge is 0.349 e. The molecule has 2 atom stereocenters. The lowest BCUT2D eigenvalue weighted by Gasteiger charge is -2.36. The first kappa shape index (κ1) is 12.9. The molecule has 3 fully saturated rings. The third-order valence-electron chi connectivity index (χ3n) is 5.48. The minimum Gasteiger partial charge on any atom is -0.349 e. The number of anilines is 1. The maximum absolute atomic E-state index is 12.6. The number of likely N-dealkylation sites (tertiary alicyclic amines) is 1. The summed E-state index contributed by atoms with van der Waals surface area (Å²) in [5.41, 5.74) is 0.130. The van der Waals surface area contributed by atoms with E-state index in [0.717, 1.165) is 42.7 Å². The highest BCUT2D eigenvalue weighted by atomic mass is 16.2. The predicted molar refractivity (Wildman–Crippen MR) is 82.4 cm³/mol. The van der Waals surface area contributed by atoms with E-state index in [1.807, 2.05) is 17.2 Å². The van der Waals surface area contributed by atoms with Gasteiger partial charge in [-0.2, -0.15) is 5.26 Å². The minimum absolute atomic E-state index is 0.0432. The van der Waals surface area contributed by atoms with Crippen molar-refractivity contribution in [3.63, 3.8) is 0 Å². The number of nitriles is 1. The third kappa shape index (κ3) is 1.66. The summed E-state index contributed by atoms with van der Waals surface area (Å²) in [5, 5.41) is 10.3. The molecule has 0 unspecified atom stereocenters. The van der Waals surface area contributed by atoms with Crippen LogP contribution < -0.4 is 4.90 Å². The topological polar surface area (TPSA) is 88.9 Å². The molecule has 2 aromatic rings. The van der Waals surface area contributed by atoms with Gasteiger partial charge in [0, 0.05) is 19.3 Å². The van der Waals surface area contributed by atoms with Crippen LogP contribution in [0.1, 0.15) is 19.3 Å². The third-order valence-corrected chi connectivity index (χ3v) is 5.48. The SMILES string of the molecule is N#CC1(C(=O)N2C[C@@H]3C[C@H]2CN3c2ncnc3[nH]ccc23)CC1. The Bertz CT molecular complexity index is 848. The second-order valence-corrected chi connectivity index (χ2v) is 6.78. The lowest BCUT2D eigenvalue weighted by Crippen LogP contribution is -2.51. The molecular formula is C16H16N6O. The summed E-state index contributed by atoms with van der Waals surface area (Å²) < 4.78 is 0. The maximum atomic E-state index is 12.6. The van der Waals surface area contributed by atoms with E-state index in [1.165, 1.54) is 0 Å². The van der Waals surface area contributed by atoms with E-state index < -0.39 is 5.41 Å². The molecule has 4 heterocycles. The smallest absolute Gasteiger partial charge is 0.243 e. The van der Waals surface area contributed by atoms with Crippen molar-refractivity contribution in [1.82, 2.24) is 19.9 Å². The van der Waals surface area contributed by atoms with Gasteiger partial charge in [0.15, 0.2) is 0 Å². The van der Waals surface area contributed by atoms with Crippen molar-refractivity contribution in [1.29, 1.82) is 5.26 Å². The van der Waals surface area contributed by atoms with E-state index in [9.17, 15) is 10.1 Å². The van der Waals surface area contributed by atoms with Gasteiger partial charge in [0.05, 0.1) is 23.5 Å². The van der Waals surface area contributed by atoms with Crippen LogP contribution in [-0.2, 0) is 4.79 Å². The van der Waals surface area contributed by atoms with Crippen LogP contribution in [-0.4, -0.2) is 50.9 Å². The zero-order valence-electron chi connectivity index (χ0n) is 12.6. The van der Waals surface area contributed by atoms with Crippen molar-refractivity contribution in [2.24, 2.45) is 5.41 Å². The van der Waals surface area contributed by atoms with Crippen molar-refractivity contribution in [3.8, 4) is 6.07 Å². The number of nitrogens with zero attached hydrogens (tertiary/aromatic N) is 5. The summed E-state index contributed by atoms with van der Waals surface area (Å²) in [7, 11) is 0. The van der Waals surface area contributed by atoms with Crippen molar-refractivity contribution in [2.45, 2.75) is 31.3 Å². The van der Waals surface area contributed by atoms with E-state index in [1.54, 1.807) is 6.33 Å². The molecule has 2 bridgehead atoms. The molecule has 0 spiro atoms. The monoisotopic (exact) mass is 308 g/mol. The molecule has 1 aliphatic carbocycles. The van der Waals surface area contributed by atoms with Crippen LogP contribution in [0.4, 0.5) is 5.82 Å². The van der Waals surface area contributed by atoms with Gasteiger partial charge in [-0.25, -0.2) is 9.97 Å². The Morgan fingerprint density at radius 2 is 2.22 bits per heavy atom. The molecule has 7 heteroatoms. The summed E-state index contributed by atoms with van der Waals surface area (Å²) in [6.45, 7) is 1.48. The summed E-state index contributed by atoms with van der Waals surface area (Å²) in [6, 6.07) is 4.70. The van der Waals surface area contributed by atoms with Gasteiger partial charge in [0.2, 0.25) is 5.91 Å². The number of hydrogen-bond acceptors (Lipinski definition) is 5. The summed E-state index contributed by atoms with van der Waals surface area (Å²) >= 11 is 0. The standard InChI is InChI=1S/C16H16N6O/c17-8-16(2-3-16)15(23)22-7-10-5-11(22)6-21(10)14-12-1-4-18-13(12)19-9-20-14/h1,4,9-11H,2-3,5-7H2,(H,18,19,20)/t10-,11-/m0/s1. The molecule has 2 aliphatic heterocycles. The highest BCUT2D eigenvalue weighted by molar-refractivity contribution is 5.90. The molecule has 7 nitrogen and oxygen atoms in total. The van der Waals surface area contributed by atoms with Gasteiger partial charge in [0.25, 0.3) is 0 Å². The number of piperazine rings is 1. The quantitative estimate of drug-likeness (QED) is 0.896. The van der Waals surface area contributed by atoms with E-state index >= 15 is 0 Å². The summed E-state index contributed by atoms with van der Waals surface area (Å²) in [6.07, 6.45) is 5.85. The second-order valence-electron chi connectivity index (χ2n) is 6.78. The van der Waals surface area contributed by atoms with Crippen LogP contribution in [0.2, 0.25) is 0 Å². The van der Waals surface area contributed by atoms with Gasteiger partial charge in [-0.15, -0.1) is 0 Å². The van der Waals surface area contributed by atoms with Crippen LogP contribution in [0.5, 0.6) is 0 Å². The number of hydrogen-bond donors (Lipinski definition) is 1. The zero-order chi connectivity index (χ0) is 15.6. The Morgan fingerprint density at radius 3 is 2.91 bits per heavy atom. The number of carbonyl (C=O) groups is 1. The van der Waals surface area contributed by atoms with Gasteiger partial charge < -0.3 is 14.8 Å². The number of fused-ring (bicyclic) bond motifs is 3. The van der Waals surface area contributed by atoms with Crippen molar-refractivity contribution < 1.29 is 4.79 Å². The van der Waals surface area contributed by atoms with E-state index in [4.69, 9.17) is 0 Å². The van der Waals surface area contributed by atoms with E-state index in [-0.39, 0.29) is 18.0 Å². The first-order chi connectivity index (χ1) is 11.2. The molecule has 2 aromatic heterocycles. The first-order valence-electron chi connectivity index (χ1n) is 7.99. The molecule has 2 saturated heterocycles. The van der Waals surface area contributed by atoms with Crippen LogP contribution in [0.15, 0.2) is 18.6 Å². The second kappa shape index (κ2) is 4.22. The number of aromatic nitrogens is 3. The normalized spacial score (nSPS) is 27.4. The Kier molecular flexibility index (Phi) is 2.36. The van der Waals surface area contributed by atoms with E-state index in [2.05, 4.69) is 25.9 Å². The molecule has 116 valence electrons. The Morgan fingerprint density at radius 1 is 1.35 bits per heavy atom. The van der Waals surface area contributed by atoms with Crippen LogP contribution >= 0.6 is 0 Å². The van der Waals surface area contributed by atoms with Gasteiger partial charge in [-0.1, -0.05) is 0 Å². The molecule has 0 radical (unpaired) electrons. The van der Waals surface area contributed by atoms with Gasteiger partial charge in [-0.05, 0) is 25.3 Å². The van der Waals surface area contributed by atoms with E-state index in [0.29, 0.717) is 6.54 Å². The molecule has 1 N–H and O–H groups in total. The summed E-state index contributed by atoms with van der Waals surface area (Å²) in [4.78, 5) is 28.7. The number of rotatable bonds is 2. The van der Waals surface area contributed by atoms with Crippen LogP contribution in [0, 0.1) is 16.7 Å². The first-order valence-corrected chi connectivity index (χ1v) is 7.99. The zero-order valence-corrected chi connectivity index (χ0v) is 12.6. The molecule has 3 aliphatic rings. The van der Waals surface area contributed by atoms with Crippen molar-refractivity contribution in [2.75, 3.05) is 18.0 Å². The molecule has 5 rings (SSSR count). The lowest BCUT2D eigenvalue weighted by molar-refractivity contribution is -0.136. The molecule has 1 saturated carbocycles. The number of amides is 1. The molecule has 23 heavy (non-hydrogen) atoms. The average molecular weight is 308 g/mol. The molecular weight excluding hydrogens is 292 g/mol. The van der Waals surface area contributed by atoms with Crippen LogP contribution in [0.3, 0.4) is 0 Å². The van der Waals surface area contributed by atoms with Crippen molar-refractivity contribution >= 4 is 22.8 Å². The minimum atomic E-state index is -0.710. The van der Waals surface area contributed by atoms with Crippen LogP contribution in [0.25, 0.3) is 11.0 Å².